The summed E-state index contributed by atoms with van der Waals surface area (Å²) in [6.07, 6.45) is 0.245. The topological polar surface area (TPSA) is 42.0 Å². The molecule has 0 bridgehead atoms. The third-order valence-electron chi connectivity index (χ3n) is 3.37. The number of rotatable bonds is 6. The van der Waals surface area contributed by atoms with E-state index in [0.29, 0.717) is 15.8 Å². The Morgan fingerprint density at radius 1 is 1.19 bits per heavy atom. The molecule has 0 fully saturated rings. The quantitative estimate of drug-likeness (QED) is 0.394. The molecule has 2 aromatic carbocycles. The molecule has 0 spiro atoms. The lowest BCUT2D eigenvalue weighted by Crippen LogP contribution is -2.14. The SMILES string of the molecule is O=C(Cc1csc(SCc2ccc(Cl)cc2Cl)n1)Nc1ccc(Br)cc1. The van der Waals surface area contributed by atoms with Crippen LogP contribution in [0, 0.1) is 0 Å². The molecule has 3 aromatic rings. The van der Waals surface area contributed by atoms with Crippen LogP contribution in [-0.4, -0.2) is 10.9 Å². The molecule has 0 saturated heterocycles. The van der Waals surface area contributed by atoms with Crippen molar-refractivity contribution in [1.82, 2.24) is 4.98 Å². The Morgan fingerprint density at radius 2 is 1.96 bits per heavy atom. The molecule has 3 nitrogen and oxygen atoms in total. The summed E-state index contributed by atoms with van der Waals surface area (Å²) in [5.74, 6) is 0.614. The first-order chi connectivity index (χ1) is 12.5. The first-order valence-corrected chi connectivity index (χ1v) is 11.0. The highest BCUT2D eigenvalue weighted by Gasteiger charge is 2.10. The molecule has 1 N–H and O–H groups in total. The molecule has 1 amide bonds. The summed E-state index contributed by atoms with van der Waals surface area (Å²) in [5, 5.41) is 6.05. The largest absolute Gasteiger partial charge is 0.326 e. The highest BCUT2D eigenvalue weighted by atomic mass is 79.9. The maximum Gasteiger partial charge on any atom is 0.230 e. The molecule has 8 heteroatoms. The molecule has 3 rings (SSSR count). The van der Waals surface area contributed by atoms with Gasteiger partial charge in [-0.2, -0.15) is 0 Å². The minimum atomic E-state index is -0.0880. The molecule has 1 aromatic heterocycles. The lowest BCUT2D eigenvalue weighted by atomic mass is 10.2. The smallest absolute Gasteiger partial charge is 0.230 e. The van der Waals surface area contributed by atoms with E-state index in [1.807, 2.05) is 41.8 Å². The van der Waals surface area contributed by atoms with E-state index in [1.54, 1.807) is 17.8 Å². The third-order valence-corrected chi connectivity index (χ3v) is 6.60. The van der Waals surface area contributed by atoms with E-state index in [4.69, 9.17) is 23.2 Å². The number of aromatic nitrogens is 1. The Balaban J connectivity index is 1.54. The molecule has 0 aliphatic heterocycles. The molecule has 0 aliphatic carbocycles. The molecule has 0 radical (unpaired) electrons. The zero-order chi connectivity index (χ0) is 18.5. The zero-order valence-corrected chi connectivity index (χ0v) is 18.1. The number of carbonyl (C=O) groups excluding carboxylic acids is 1. The molecule has 26 heavy (non-hydrogen) atoms. The van der Waals surface area contributed by atoms with Crippen molar-refractivity contribution in [2.75, 3.05) is 5.32 Å². The third kappa shape index (κ3) is 5.72. The van der Waals surface area contributed by atoms with E-state index in [9.17, 15) is 4.79 Å². The normalized spacial score (nSPS) is 10.7. The van der Waals surface area contributed by atoms with Crippen molar-refractivity contribution in [3.8, 4) is 0 Å². The number of halogens is 3. The number of anilines is 1. The van der Waals surface area contributed by atoms with Crippen LogP contribution in [0.5, 0.6) is 0 Å². The molecular formula is C18H13BrCl2N2OS2. The van der Waals surface area contributed by atoms with E-state index in [0.717, 1.165) is 25.8 Å². The number of carbonyl (C=O) groups is 1. The van der Waals surface area contributed by atoms with Gasteiger partial charge in [-0.25, -0.2) is 4.98 Å². The first-order valence-electron chi connectivity index (χ1n) is 7.56. The highest BCUT2D eigenvalue weighted by Crippen LogP contribution is 2.30. The fraction of sp³-hybridized carbons (Fsp3) is 0.111. The number of nitrogens with zero attached hydrogens (tertiary/aromatic N) is 1. The van der Waals surface area contributed by atoms with Gasteiger partial charge in [0.15, 0.2) is 0 Å². The Bertz CT molecular complexity index is 916. The molecular weight excluding hydrogens is 475 g/mol. The summed E-state index contributed by atoms with van der Waals surface area (Å²) < 4.78 is 1.87. The lowest BCUT2D eigenvalue weighted by Gasteiger charge is -2.04. The Labute approximate surface area is 178 Å². The van der Waals surface area contributed by atoms with Crippen molar-refractivity contribution in [2.45, 2.75) is 16.5 Å². The van der Waals surface area contributed by atoms with Crippen molar-refractivity contribution >= 4 is 73.8 Å². The van der Waals surface area contributed by atoms with Crippen LogP contribution in [-0.2, 0) is 17.0 Å². The van der Waals surface area contributed by atoms with E-state index in [1.165, 1.54) is 11.3 Å². The van der Waals surface area contributed by atoms with Gasteiger partial charge in [0.2, 0.25) is 5.91 Å². The second-order valence-corrected chi connectivity index (χ2v) is 9.20. The van der Waals surface area contributed by atoms with Crippen LogP contribution in [0.4, 0.5) is 5.69 Å². The molecule has 1 heterocycles. The second-order valence-electron chi connectivity index (χ2n) is 5.36. The second kappa shape index (κ2) is 9.24. The maximum absolute atomic E-state index is 12.1. The average molecular weight is 488 g/mol. The fourth-order valence-corrected chi connectivity index (χ4v) is 4.78. The van der Waals surface area contributed by atoms with Crippen molar-refractivity contribution in [3.05, 3.63) is 73.6 Å². The van der Waals surface area contributed by atoms with Gasteiger partial charge in [0.25, 0.3) is 0 Å². The van der Waals surface area contributed by atoms with Crippen molar-refractivity contribution in [1.29, 1.82) is 0 Å². The number of nitrogens with one attached hydrogen (secondary N) is 1. The average Bonchev–Trinajstić information content (AvgIpc) is 3.03. The van der Waals surface area contributed by atoms with Gasteiger partial charge in [-0.15, -0.1) is 11.3 Å². The summed E-state index contributed by atoms with van der Waals surface area (Å²) >= 11 is 18.6. The minimum absolute atomic E-state index is 0.0880. The van der Waals surface area contributed by atoms with Crippen LogP contribution >= 0.6 is 62.2 Å². The van der Waals surface area contributed by atoms with Gasteiger partial charge in [-0.1, -0.05) is 57.0 Å². The van der Waals surface area contributed by atoms with Crippen molar-refractivity contribution < 1.29 is 4.79 Å². The molecule has 134 valence electrons. The maximum atomic E-state index is 12.1. The summed E-state index contributed by atoms with van der Waals surface area (Å²) in [6, 6.07) is 12.9. The van der Waals surface area contributed by atoms with Crippen molar-refractivity contribution in [3.63, 3.8) is 0 Å². The Morgan fingerprint density at radius 3 is 2.69 bits per heavy atom. The number of thiazole rings is 1. The highest BCUT2D eigenvalue weighted by molar-refractivity contribution is 9.10. The van der Waals surface area contributed by atoms with E-state index >= 15 is 0 Å². The van der Waals surface area contributed by atoms with Crippen LogP contribution in [0.2, 0.25) is 10.0 Å². The predicted molar refractivity (Wildman–Crippen MR) is 115 cm³/mol. The summed E-state index contributed by atoms with van der Waals surface area (Å²) in [4.78, 5) is 16.6. The Hall–Kier alpha value is -1.05. The zero-order valence-electron chi connectivity index (χ0n) is 13.3. The molecule has 0 unspecified atom stereocenters. The summed E-state index contributed by atoms with van der Waals surface area (Å²) in [5.41, 5.74) is 2.53. The number of hydrogen-bond donors (Lipinski definition) is 1. The van der Waals surface area contributed by atoms with Crippen molar-refractivity contribution in [2.24, 2.45) is 0 Å². The van der Waals surface area contributed by atoms with E-state index < -0.39 is 0 Å². The van der Waals surface area contributed by atoms with Crippen LogP contribution in [0.25, 0.3) is 0 Å². The van der Waals surface area contributed by atoms with Gasteiger partial charge < -0.3 is 5.32 Å². The minimum Gasteiger partial charge on any atom is -0.326 e. The lowest BCUT2D eigenvalue weighted by molar-refractivity contribution is -0.115. The first kappa shape index (κ1) is 19.7. The number of benzene rings is 2. The van der Waals surface area contributed by atoms with Gasteiger partial charge in [-0.3, -0.25) is 4.79 Å². The van der Waals surface area contributed by atoms with Gasteiger partial charge in [0.1, 0.15) is 4.34 Å². The van der Waals surface area contributed by atoms with Gasteiger partial charge >= 0.3 is 0 Å². The summed E-state index contributed by atoms with van der Waals surface area (Å²) in [6.45, 7) is 0. The molecule has 0 aliphatic rings. The van der Waals surface area contributed by atoms with Gasteiger partial charge in [0.05, 0.1) is 12.1 Å². The van der Waals surface area contributed by atoms with Crippen LogP contribution < -0.4 is 5.32 Å². The monoisotopic (exact) mass is 486 g/mol. The molecule has 0 atom stereocenters. The molecule has 0 saturated carbocycles. The van der Waals surface area contributed by atoms with E-state index in [2.05, 4.69) is 26.2 Å². The van der Waals surface area contributed by atoms with Crippen LogP contribution in [0.3, 0.4) is 0 Å². The number of amides is 1. The Kier molecular flexibility index (Phi) is 7.00. The van der Waals surface area contributed by atoms with Crippen LogP contribution in [0.15, 0.2) is 56.7 Å². The number of hydrogen-bond acceptors (Lipinski definition) is 4. The number of thioether (sulfide) groups is 1. The fourth-order valence-electron chi connectivity index (χ4n) is 2.12. The standard InChI is InChI=1S/C18H13BrCl2N2OS2/c19-12-2-5-14(6-3-12)22-17(24)8-15-10-26-18(23-15)25-9-11-1-4-13(20)7-16(11)21/h1-7,10H,8-9H2,(H,22,24). The summed E-state index contributed by atoms with van der Waals surface area (Å²) in [7, 11) is 0. The van der Waals surface area contributed by atoms with Crippen LogP contribution in [0.1, 0.15) is 11.3 Å². The predicted octanol–water partition coefficient (Wildman–Crippen LogP) is 6.69. The van der Waals surface area contributed by atoms with E-state index in [-0.39, 0.29) is 12.3 Å². The van der Waals surface area contributed by atoms with Gasteiger partial charge in [-0.05, 0) is 42.0 Å². The van der Waals surface area contributed by atoms with Gasteiger partial charge in [0, 0.05) is 31.3 Å².